The molecule has 0 atom stereocenters. The largest absolute Gasteiger partial charge is 0.445 e. The first kappa shape index (κ1) is 25.4. The van der Waals surface area contributed by atoms with Gasteiger partial charge in [-0.05, 0) is 30.7 Å². The van der Waals surface area contributed by atoms with Gasteiger partial charge in [-0.15, -0.1) is 0 Å². The molecule has 30 heavy (non-hydrogen) atoms. The van der Waals surface area contributed by atoms with Crippen molar-refractivity contribution in [3.63, 3.8) is 0 Å². The number of carbonyl (C=O) groups excluding carboxylic acids is 2. The number of aliphatic imine (C=N–C) groups is 1. The molecule has 0 saturated heterocycles. The standard InChI is InChI=1S/C24H37N3O3/c1-3-5-6-7-8-9-10-11-12-13-18-25-23(27-24(29)30-19-4-2)26-22-16-14-21(20-28)15-17-22/h4,14-17,20H,2-3,5-13,18-19H2,1H3,(H2,25,26,27,29). The maximum Gasteiger partial charge on any atom is 0.414 e. The van der Waals surface area contributed by atoms with Crippen LogP contribution in [-0.4, -0.2) is 31.5 Å². The lowest BCUT2D eigenvalue weighted by Gasteiger charge is -2.12. The average molecular weight is 416 g/mol. The lowest BCUT2D eigenvalue weighted by atomic mass is 10.1. The van der Waals surface area contributed by atoms with E-state index in [9.17, 15) is 9.59 Å². The van der Waals surface area contributed by atoms with E-state index in [2.05, 4.69) is 29.1 Å². The van der Waals surface area contributed by atoms with E-state index in [0.29, 0.717) is 18.1 Å². The third kappa shape index (κ3) is 12.8. The molecule has 0 radical (unpaired) electrons. The summed E-state index contributed by atoms with van der Waals surface area (Å²) in [5.74, 6) is 0.332. The third-order valence-corrected chi connectivity index (χ3v) is 4.64. The van der Waals surface area contributed by atoms with Crippen LogP contribution < -0.4 is 10.6 Å². The molecule has 0 fully saturated rings. The van der Waals surface area contributed by atoms with E-state index < -0.39 is 6.09 Å². The van der Waals surface area contributed by atoms with E-state index in [-0.39, 0.29) is 6.61 Å². The number of unbranched alkanes of at least 4 members (excludes halogenated alkanes) is 9. The number of aldehydes is 1. The predicted octanol–water partition coefficient (Wildman–Crippen LogP) is 6.10. The number of hydrogen-bond acceptors (Lipinski definition) is 4. The zero-order chi connectivity index (χ0) is 21.9. The maximum absolute atomic E-state index is 11.9. The van der Waals surface area contributed by atoms with Crippen molar-refractivity contribution in [2.45, 2.75) is 71.1 Å². The van der Waals surface area contributed by atoms with Crippen molar-refractivity contribution in [3.05, 3.63) is 42.5 Å². The molecule has 0 aliphatic carbocycles. The third-order valence-electron chi connectivity index (χ3n) is 4.64. The molecule has 1 amide bonds. The number of rotatable bonds is 15. The van der Waals surface area contributed by atoms with Gasteiger partial charge in [0.2, 0.25) is 5.96 Å². The Morgan fingerprint density at radius 3 is 2.17 bits per heavy atom. The highest BCUT2D eigenvalue weighted by Crippen LogP contribution is 2.11. The molecule has 0 heterocycles. The molecule has 1 aromatic rings. The van der Waals surface area contributed by atoms with E-state index in [1.807, 2.05) is 0 Å². The van der Waals surface area contributed by atoms with E-state index in [1.165, 1.54) is 57.4 Å². The van der Waals surface area contributed by atoms with Crippen molar-refractivity contribution in [1.82, 2.24) is 5.32 Å². The molecule has 1 rings (SSSR count). The highest BCUT2D eigenvalue weighted by atomic mass is 16.5. The molecule has 0 aromatic heterocycles. The quantitative estimate of drug-likeness (QED) is 0.119. The molecule has 0 aliphatic heterocycles. The van der Waals surface area contributed by atoms with Crippen molar-refractivity contribution in [2.75, 3.05) is 18.5 Å². The number of nitrogens with zero attached hydrogens (tertiary/aromatic N) is 1. The lowest BCUT2D eigenvalue weighted by Crippen LogP contribution is -2.36. The van der Waals surface area contributed by atoms with Crippen LogP contribution in [-0.2, 0) is 4.74 Å². The lowest BCUT2D eigenvalue weighted by molar-refractivity contribution is 0.112. The molecule has 0 unspecified atom stereocenters. The van der Waals surface area contributed by atoms with Gasteiger partial charge in [0.05, 0.1) is 0 Å². The zero-order valence-corrected chi connectivity index (χ0v) is 18.3. The van der Waals surface area contributed by atoms with Crippen LogP contribution in [0.2, 0.25) is 0 Å². The van der Waals surface area contributed by atoms with Gasteiger partial charge in [0.25, 0.3) is 0 Å². The van der Waals surface area contributed by atoms with Crippen LogP contribution in [0.5, 0.6) is 0 Å². The fourth-order valence-electron chi connectivity index (χ4n) is 2.95. The topological polar surface area (TPSA) is 79.8 Å². The summed E-state index contributed by atoms with van der Waals surface area (Å²) in [6.07, 6.45) is 14.3. The fraction of sp³-hybridized carbons (Fsp3) is 0.542. The van der Waals surface area contributed by atoms with Gasteiger partial charge in [-0.25, -0.2) is 4.79 Å². The summed E-state index contributed by atoms with van der Waals surface area (Å²) in [4.78, 5) is 27.1. The van der Waals surface area contributed by atoms with E-state index in [1.54, 1.807) is 24.3 Å². The molecular weight excluding hydrogens is 378 g/mol. The molecular formula is C24H37N3O3. The SMILES string of the molecule is C=CCOC(=O)N/C(=N\CCCCCCCCCCCC)Nc1ccc(C=O)cc1. The molecule has 0 bridgehead atoms. The smallest absolute Gasteiger partial charge is 0.414 e. The number of alkyl carbamates (subject to hydrolysis) is 1. The van der Waals surface area contributed by atoms with Crippen molar-refractivity contribution < 1.29 is 14.3 Å². The summed E-state index contributed by atoms with van der Waals surface area (Å²) in [6.45, 7) is 6.52. The second-order valence-electron chi connectivity index (χ2n) is 7.29. The highest BCUT2D eigenvalue weighted by Gasteiger charge is 2.07. The number of benzene rings is 1. The Balaban J connectivity index is 2.39. The minimum absolute atomic E-state index is 0.131. The molecule has 0 saturated carbocycles. The number of anilines is 1. The Morgan fingerprint density at radius 2 is 1.60 bits per heavy atom. The summed E-state index contributed by atoms with van der Waals surface area (Å²) < 4.78 is 4.97. The van der Waals surface area contributed by atoms with E-state index >= 15 is 0 Å². The summed E-state index contributed by atoms with van der Waals surface area (Å²) in [5, 5.41) is 5.69. The minimum atomic E-state index is -0.589. The summed E-state index contributed by atoms with van der Waals surface area (Å²) in [6, 6.07) is 6.92. The van der Waals surface area contributed by atoms with Gasteiger partial charge < -0.3 is 10.1 Å². The molecule has 1 aromatic carbocycles. The molecule has 0 spiro atoms. The fourth-order valence-corrected chi connectivity index (χ4v) is 2.95. The molecule has 2 N–H and O–H groups in total. The Morgan fingerprint density at radius 1 is 1.00 bits per heavy atom. The zero-order valence-electron chi connectivity index (χ0n) is 18.3. The number of amides is 1. The summed E-state index contributed by atoms with van der Waals surface area (Å²) in [7, 11) is 0. The molecule has 6 nitrogen and oxygen atoms in total. The second kappa shape index (κ2) is 17.2. The average Bonchev–Trinajstić information content (AvgIpc) is 2.76. The summed E-state index contributed by atoms with van der Waals surface area (Å²) in [5.41, 5.74) is 1.31. The van der Waals surface area contributed by atoms with Crippen LogP contribution in [0.3, 0.4) is 0 Å². The van der Waals surface area contributed by atoms with Gasteiger partial charge in [-0.1, -0.05) is 77.4 Å². The molecule has 6 heteroatoms. The van der Waals surface area contributed by atoms with Crippen molar-refractivity contribution in [2.24, 2.45) is 4.99 Å². The van der Waals surface area contributed by atoms with E-state index in [0.717, 1.165) is 24.8 Å². The van der Waals surface area contributed by atoms with Crippen LogP contribution in [0.4, 0.5) is 10.5 Å². The summed E-state index contributed by atoms with van der Waals surface area (Å²) >= 11 is 0. The first-order valence-corrected chi connectivity index (χ1v) is 11.1. The van der Waals surface area contributed by atoms with Gasteiger partial charge >= 0.3 is 6.09 Å². The van der Waals surface area contributed by atoms with Crippen LogP contribution in [0, 0.1) is 0 Å². The monoisotopic (exact) mass is 415 g/mol. The Bertz CT molecular complexity index is 642. The number of carbonyl (C=O) groups is 2. The second-order valence-corrected chi connectivity index (χ2v) is 7.29. The number of ether oxygens (including phenoxy) is 1. The first-order valence-electron chi connectivity index (χ1n) is 11.1. The highest BCUT2D eigenvalue weighted by molar-refractivity contribution is 6.02. The molecule has 0 aliphatic rings. The normalized spacial score (nSPS) is 11.0. The van der Waals surface area contributed by atoms with Gasteiger partial charge in [0.15, 0.2) is 0 Å². The van der Waals surface area contributed by atoms with Crippen molar-refractivity contribution >= 4 is 24.0 Å². The van der Waals surface area contributed by atoms with E-state index in [4.69, 9.17) is 4.74 Å². The Kier molecular flexibility index (Phi) is 14.6. The van der Waals surface area contributed by atoms with Gasteiger partial charge in [-0.3, -0.25) is 15.1 Å². The van der Waals surface area contributed by atoms with Crippen LogP contribution in [0.15, 0.2) is 41.9 Å². The van der Waals surface area contributed by atoms with Crippen molar-refractivity contribution in [1.29, 1.82) is 0 Å². The maximum atomic E-state index is 11.9. The van der Waals surface area contributed by atoms with Gasteiger partial charge in [0, 0.05) is 17.8 Å². The molecule has 166 valence electrons. The van der Waals surface area contributed by atoms with Gasteiger partial charge in [0.1, 0.15) is 12.9 Å². The number of hydrogen-bond donors (Lipinski definition) is 2. The number of guanidine groups is 1. The Hall–Kier alpha value is -2.63. The minimum Gasteiger partial charge on any atom is -0.445 e. The predicted molar refractivity (Wildman–Crippen MR) is 124 cm³/mol. The van der Waals surface area contributed by atoms with Gasteiger partial charge in [-0.2, -0.15) is 0 Å². The van der Waals surface area contributed by atoms with Crippen LogP contribution in [0.25, 0.3) is 0 Å². The first-order chi connectivity index (χ1) is 14.7. The van der Waals surface area contributed by atoms with Crippen LogP contribution >= 0.6 is 0 Å². The van der Waals surface area contributed by atoms with Crippen LogP contribution in [0.1, 0.15) is 81.5 Å². The number of nitrogens with one attached hydrogen (secondary N) is 2. The Labute approximate surface area is 181 Å². The van der Waals surface area contributed by atoms with Crippen molar-refractivity contribution in [3.8, 4) is 0 Å².